The highest BCUT2D eigenvalue weighted by Crippen LogP contribution is 2.48. The summed E-state index contributed by atoms with van der Waals surface area (Å²) in [5.41, 5.74) is 0.614. The van der Waals surface area contributed by atoms with Gasteiger partial charge < -0.3 is 23.4 Å². The quantitative estimate of drug-likeness (QED) is 0.478. The Bertz CT molecular complexity index is 1200. The number of hydrogen-bond donors (Lipinski definition) is 0. The first-order valence-corrected chi connectivity index (χ1v) is 9.44. The summed E-state index contributed by atoms with van der Waals surface area (Å²) in [6.07, 6.45) is -1.06. The zero-order valence-electron chi connectivity index (χ0n) is 15.3. The number of fused-ring (bicyclic) bond motifs is 4. The van der Waals surface area contributed by atoms with E-state index in [0.717, 1.165) is 0 Å². The van der Waals surface area contributed by atoms with E-state index in [2.05, 4.69) is 0 Å². The summed E-state index contributed by atoms with van der Waals surface area (Å²) in [6, 6.07) is 10.3. The van der Waals surface area contributed by atoms with Gasteiger partial charge in [0.15, 0.2) is 11.5 Å². The number of esters is 1. The molecule has 0 saturated carbocycles. The van der Waals surface area contributed by atoms with Crippen LogP contribution in [0, 0.1) is 0 Å². The Balaban J connectivity index is 1.74. The molecule has 1 aromatic heterocycles. The summed E-state index contributed by atoms with van der Waals surface area (Å²) in [6.45, 7) is 1.93. The van der Waals surface area contributed by atoms with Gasteiger partial charge in [0.05, 0.1) is 28.5 Å². The van der Waals surface area contributed by atoms with Crippen molar-refractivity contribution in [1.82, 2.24) is 0 Å². The van der Waals surface area contributed by atoms with E-state index in [0.29, 0.717) is 38.8 Å². The molecule has 0 spiro atoms. The summed E-state index contributed by atoms with van der Waals surface area (Å²) in [7, 11) is 0. The Labute approximate surface area is 169 Å². The average Bonchev–Trinajstić information content (AvgIpc) is 3.33. The number of hydrogen-bond acceptors (Lipinski definition) is 7. The van der Waals surface area contributed by atoms with E-state index < -0.39 is 23.6 Å². The summed E-state index contributed by atoms with van der Waals surface area (Å²) < 4.78 is 27.5. The smallest absolute Gasteiger partial charge is 0.348 e. The zero-order valence-corrected chi connectivity index (χ0v) is 16.0. The van der Waals surface area contributed by atoms with Crippen LogP contribution in [0.4, 0.5) is 0 Å². The van der Waals surface area contributed by atoms with Gasteiger partial charge in [0.2, 0.25) is 12.9 Å². The van der Waals surface area contributed by atoms with Crippen molar-refractivity contribution in [3.8, 4) is 17.2 Å². The van der Waals surface area contributed by atoms with Crippen LogP contribution in [0.15, 0.2) is 45.6 Å². The second kappa shape index (κ2) is 6.70. The molecule has 3 aromatic rings. The molecule has 7 nitrogen and oxygen atoms in total. The Hall–Kier alpha value is -3.19. The monoisotopic (exact) mass is 414 g/mol. The number of rotatable bonds is 3. The molecule has 0 saturated heterocycles. The van der Waals surface area contributed by atoms with Gasteiger partial charge in [0, 0.05) is 0 Å². The van der Waals surface area contributed by atoms with Crippen LogP contribution in [-0.2, 0) is 9.53 Å². The highest BCUT2D eigenvalue weighted by molar-refractivity contribution is 6.32. The van der Waals surface area contributed by atoms with E-state index in [1.165, 1.54) is 0 Å². The minimum Gasteiger partial charge on any atom is -0.476 e. The number of para-hydroxylation sites is 1. The summed E-state index contributed by atoms with van der Waals surface area (Å²) in [5, 5.41) is 0.918. The molecule has 2 aromatic carbocycles. The van der Waals surface area contributed by atoms with Crippen molar-refractivity contribution in [3.05, 3.63) is 63.0 Å². The van der Waals surface area contributed by atoms with Gasteiger partial charge >= 0.3 is 11.6 Å². The number of carbonyl (C=O) groups is 1. The van der Waals surface area contributed by atoms with Gasteiger partial charge in [-0.3, -0.25) is 0 Å². The molecule has 148 valence electrons. The van der Waals surface area contributed by atoms with Crippen molar-refractivity contribution < 1.29 is 28.2 Å². The van der Waals surface area contributed by atoms with Gasteiger partial charge in [-0.25, -0.2) is 9.59 Å². The molecule has 2 aliphatic rings. The van der Waals surface area contributed by atoms with Crippen LogP contribution < -0.4 is 19.8 Å². The van der Waals surface area contributed by atoms with Crippen LogP contribution >= 0.6 is 11.6 Å². The molecule has 2 aliphatic heterocycles. The van der Waals surface area contributed by atoms with Crippen molar-refractivity contribution in [3.63, 3.8) is 0 Å². The van der Waals surface area contributed by atoms with Crippen molar-refractivity contribution in [2.75, 3.05) is 13.4 Å². The molecule has 8 heteroatoms. The zero-order chi connectivity index (χ0) is 20.1. The van der Waals surface area contributed by atoms with Crippen LogP contribution in [0.2, 0.25) is 5.02 Å². The fourth-order valence-corrected chi connectivity index (χ4v) is 4.07. The summed E-state index contributed by atoms with van der Waals surface area (Å²) in [4.78, 5) is 25.6. The van der Waals surface area contributed by atoms with Gasteiger partial charge in [0.25, 0.3) is 0 Å². The van der Waals surface area contributed by atoms with E-state index in [1.54, 1.807) is 43.3 Å². The van der Waals surface area contributed by atoms with Crippen molar-refractivity contribution in [1.29, 1.82) is 0 Å². The molecule has 0 fully saturated rings. The first-order chi connectivity index (χ1) is 14.1. The maximum Gasteiger partial charge on any atom is 0.348 e. The molecular weight excluding hydrogens is 400 g/mol. The third-order valence-electron chi connectivity index (χ3n) is 4.99. The normalized spacial score (nSPS) is 19.1. The second-order valence-electron chi connectivity index (χ2n) is 6.63. The molecule has 0 radical (unpaired) electrons. The minimum absolute atomic E-state index is 0.0460. The van der Waals surface area contributed by atoms with E-state index >= 15 is 0 Å². The first kappa shape index (κ1) is 17.9. The molecular formula is C21H15ClO7. The Morgan fingerprint density at radius 2 is 2.03 bits per heavy atom. The highest BCUT2D eigenvalue weighted by Gasteiger charge is 2.45. The lowest BCUT2D eigenvalue weighted by molar-refractivity contribution is -0.151. The van der Waals surface area contributed by atoms with Crippen molar-refractivity contribution in [2.24, 2.45) is 0 Å². The maximum atomic E-state index is 12.9. The lowest BCUT2D eigenvalue weighted by atomic mass is 9.88. The van der Waals surface area contributed by atoms with Crippen LogP contribution in [0.5, 0.6) is 17.2 Å². The molecule has 0 aliphatic carbocycles. The third kappa shape index (κ3) is 2.73. The van der Waals surface area contributed by atoms with Crippen molar-refractivity contribution in [2.45, 2.75) is 18.9 Å². The van der Waals surface area contributed by atoms with Crippen LogP contribution in [0.3, 0.4) is 0 Å². The Morgan fingerprint density at radius 1 is 1.21 bits per heavy atom. The number of carbonyl (C=O) groups excluding carboxylic acids is 1. The van der Waals surface area contributed by atoms with E-state index in [1.807, 2.05) is 0 Å². The number of benzene rings is 2. The molecule has 3 heterocycles. The molecule has 29 heavy (non-hydrogen) atoms. The van der Waals surface area contributed by atoms with Crippen LogP contribution in [-0.4, -0.2) is 25.5 Å². The lowest BCUT2D eigenvalue weighted by Gasteiger charge is -2.18. The summed E-state index contributed by atoms with van der Waals surface area (Å²) in [5.74, 6) is -0.168. The largest absolute Gasteiger partial charge is 0.476 e. The van der Waals surface area contributed by atoms with Crippen LogP contribution in [0.1, 0.15) is 24.0 Å². The summed E-state index contributed by atoms with van der Waals surface area (Å²) >= 11 is 6.34. The molecule has 5 rings (SSSR count). The fraction of sp³-hybridized carbons (Fsp3) is 0.238. The fourth-order valence-electron chi connectivity index (χ4n) is 3.79. The number of halogens is 1. The van der Waals surface area contributed by atoms with E-state index in [-0.39, 0.29) is 19.0 Å². The molecule has 2 atom stereocenters. The topological polar surface area (TPSA) is 84.2 Å². The highest BCUT2D eigenvalue weighted by atomic mass is 35.5. The Kier molecular flexibility index (Phi) is 4.13. The van der Waals surface area contributed by atoms with E-state index in [4.69, 9.17) is 35.0 Å². The van der Waals surface area contributed by atoms with Gasteiger partial charge in [-0.05, 0) is 36.8 Å². The Morgan fingerprint density at radius 3 is 2.86 bits per heavy atom. The SMILES string of the molecule is CCOC(=O)C1Oc2c(c(=O)oc3ccccc23)C1c1cc(Cl)c2c(c1)OCO2. The lowest BCUT2D eigenvalue weighted by Crippen LogP contribution is -2.32. The third-order valence-corrected chi connectivity index (χ3v) is 5.27. The maximum absolute atomic E-state index is 12.9. The first-order valence-electron chi connectivity index (χ1n) is 9.06. The molecule has 0 N–H and O–H groups in total. The molecule has 0 bridgehead atoms. The molecule has 2 unspecified atom stereocenters. The predicted molar refractivity (Wildman–Crippen MR) is 103 cm³/mol. The number of ether oxygens (including phenoxy) is 4. The standard InChI is InChI=1S/C21H15ClO7/c1-2-25-21(24)19-15(10-7-12(22)18-14(8-10)26-9-27-18)16-17(29-19)11-5-3-4-6-13(11)28-20(16)23/h3-8,15,19H,2,9H2,1H3. The van der Waals surface area contributed by atoms with Crippen LogP contribution in [0.25, 0.3) is 11.0 Å². The minimum atomic E-state index is -1.06. The van der Waals surface area contributed by atoms with E-state index in [9.17, 15) is 9.59 Å². The average molecular weight is 415 g/mol. The van der Waals surface area contributed by atoms with Gasteiger partial charge in [-0.1, -0.05) is 23.7 Å². The molecule has 0 amide bonds. The predicted octanol–water partition coefficient (Wildman–Crippen LogP) is 3.63. The van der Waals surface area contributed by atoms with Crippen molar-refractivity contribution >= 4 is 28.5 Å². The van der Waals surface area contributed by atoms with Gasteiger partial charge in [0.1, 0.15) is 11.3 Å². The van der Waals surface area contributed by atoms with Gasteiger partial charge in [-0.15, -0.1) is 0 Å². The van der Waals surface area contributed by atoms with Gasteiger partial charge in [-0.2, -0.15) is 0 Å². The second-order valence-corrected chi connectivity index (χ2v) is 7.04.